The summed E-state index contributed by atoms with van der Waals surface area (Å²) in [5, 5.41) is 21.7. The van der Waals surface area contributed by atoms with Gasteiger partial charge in [-0.3, -0.25) is 19.5 Å². The molecular formula is C22H14BrN3O4. The van der Waals surface area contributed by atoms with Gasteiger partial charge in [-0.1, -0.05) is 34.1 Å². The monoisotopic (exact) mass is 463 g/mol. The second kappa shape index (κ2) is 7.92. The molecule has 0 aliphatic carbocycles. The van der Waals surface area contributed by atoms with Crippen LogP contribution in [0.4, 0.5) is 5.69 Å². The smallest absolute Gasteiger partial charge is 0.271 e. The molecule has 0 amide bonds. The van der Waals surface area contributed by atoms with E-state index in [1.54, 1.807) is 60.7 Å². The third kappa shape index (κ3) is 3.72. The van der Waals surface area contributed by atoms with Gasteiger partial charge in [0.15, 0.2) is 0 Å². The second-order valence-electron chi connectivity index (χ2n) is 6.44. The summed E-state index contributed by atoms with van der Waals surface area (Å²) in [5.74, 6) is 0.345. The first-order chi connectivity index (χ1) is 14.4. The number of benzene rings is 3. The lowest BCUT2D eigenvalue weighted by atomic mass is 10.1. The topological polar surface area (TPSA) is 98.3 Å². The second-order valence-corrected chi connectivity index (χ2v) is 7.36. The Balaban J connectivity index is 1.96. The highest BCUT2D eigenvalue weighted by atomic mass is 79.9. The van der Waals surface area contributed by atoms with E-state index in [-0.39, 0.29) is 22.8 Å². The largest absolute Gasteiger partial charge is 0.507 e. The lowest BCUT2D eigenvalue weighted by Crippen LogP contribution is -2.22. The van der Waals surface area contributed by atoms with Crippen LogP contribution in [-0.2, 0) is 0 Å². The number of hydrogen-bond acceptors (Lipinski definition) is 5. The summed E-state index contributed by atoms with van der Waals surface area (Å²) in [6.45, 7) is 0. The van der Waals surface area contributed by atoms with Gasteiger partial charge < -0.3 is 5.11 Å². The van der Waals surface area contributed by atoms with Gasteiger partial charge in [-0.25, -0.2) is 4.98 Å². The third-order valence-corrected chi connectivity index (χ3v) is 5.00. The fourth-order valence-electron chi connectivity index (χ4n) is 3.08. The van der Waals surface area contributed by atoms with E-state index in [1.165, 1.54) is 22.8 Å². The van der Waals surface area contributed by atoms with Gasteiger partial charge in [-0.2, -0.15) is 0 Å². The molecule has 1 N–H and O–H groups in total. The summed E-state index contributed by atoms with van der Waals surface area (Å²) in [4.78, 5) is 28.5. The lowest BCUT2D eigenvalue weighted by Gasteiger charge is -2.11. The van der Waals surface area contributed by atoms with Crippen molar-refractivity contribution in [1.29, 1.82) is 0 Å². The number of nitrogens with zero attached hydrogens (tertiary/aromatic N) is 3. The summed E-state index contributed by atoms with van der Waals surface area (Å²) < 4.78 is 2.10. The number of hydrogen-bond donors (Lipinski definition) is 1. The van der Waals surface area contributed by atoms with Gasteiger partial charge in [0.25, 0.3) is 11.2 Å². The van der Waals surface area contributed by atoms with Crippen LogP contribution in [0.15, 0.2) is 76.0 Å². The van der Waals surface area contributed by atoms with Crippen molar-refractivity contribution >= 4 is 44.7 Å². The zero-order valence-corrected chi connectivity index (χ0v) is 17.0. The average molecular weight is 464 g/mol. The maximum absolute atomic E-state index is 13.2. The molecule has 0 aliphatic heterocycles. The van der Waals surface area contributed by atoms with Crippen molar-refractivity contribution in [3.63, 3.8) is 0 Å². The third-order valence-electron chi connectivity index (χ3n) is 4.50. The molecular weight excluding hydrogens is 450 g/mol. The number of non-ortho nitro benzene ring substituents is 1. The summed E-state index contributed by atoms with van der Waals surface area (Å²) >= 11 is 3.36. The molecule has 0 bridgehead atoms. The number of phenolic OH excluding ortho intramolecular Hbond substituents is 1. The zero-order valence-electron chi connectivity index (χ0n) is 15.4. The van der Waals surface area contributed by atoms with Crippen molar-refractivity contribution in [2.24, 2.45) is 0 Å². The summed E-state index contributed by atoms with van der Waals surface area (Å²) in [5.41, 5.74) is 0.872. The molecule has 148 valence electrons. The predicted octanol–water partition coefficient (Wildman–Crippen LogP) is 4.93. The number of fused-ring (bicyclic) bond motifs is 1. The Morgan fingerprint density at radius 2 is 1.83 bits per heavy atom. The van der Waals surface area contributed by atoms with Crippen LogP contribution in [0.5, 0.6) is 5.75 Å². The van der Waals surface area contributed by atoms with E-state index >= 15 is 0 Å². The molecule has 0 unspecified atom stereocenters. The minimum Gasteiger partial charge on any atom is -0.507 e. The number of para-hydroxylation sites is 1. The van der Waals surface area contributed by atoms with Crippen molar-refractivity contribution in [2.75, 3.05) is 0 Å². The van der Waals surface area contributed by atoms with E-state index in [0.29, 0.717) is 22.2 Å². The molecule has 0 saturated carbocycles. The molecule has 0 fully saturated rings. The van der Waals surface area contributed by atoms with Gasteiger partial charge in [0, 0.05) is 22.2 Å². The lowest BCUT2D eigenvalue weighted by molar-refractivity contribution is -0.384. The van der Waals surface area contributed by atoms with Gasteiger partial charge in [-0.15, -0.1) is 0 Å². The standard InChI is InChI=1S/C22H14BrN3O4/c23-15-9-10-20(27)14(12-15)8-11-21-24-19-7-2-1-6-18(19)22(28)25(21)16-4-3-5-17(13-16)26(29)30/h1-13,27H. The first-order valence-electron chi connectivity index (χ1n) is 8.87. The minimum atomic E-state index is -0.516. The fourth-order valence-corrected chi connectivity index (χ4v) is 3.46. The molecule has 0 spiro atoms. The quantitative estimate of drug-likeness (QED) is 0.341. The summed E-state index contributed by atoms with van der Waals surface area (Å²) in [6, 6.07) is 17.7. The molecule has 1 aromatic heterocycles. The van der Waals surface area contributed by atoms with Gasteiger partial charge in [0.05, 0.1) is 21.5 Å². The highest BCUT2D eigenvalue weighted by molar-refractivity contribution is 9.10. The van der Waals surface area contributed by atoms with Crippen LogP contribution in [0.3, 0.4) is 0 Å². The van der Waals surface area contributed by atoms with E-state index in [1.807, 2.05) is 0 Å². The van der Waals surface area contributed by atoms with Crippen LogP contribution in [0.25, 0.3) is 28.7 Å². The van der Waals surface area contributed by atoms with E-state index < -0.39 is 4.92 Å². The van der Waals surface area contributed by atoms with E-state index in [4.69, 9.17) is 0 Å². The molecule has 0 radical (unpaired) electrons. The molecule has 7 nitrogen and oxygen atoms in total. The number of nitro benzene ring substituents is 1. The zero-order chi connectivity index (χ0) is 21.3. The van der Waals surface area contributed by atoms with Crippen LogP contribution in [0, 0.1) is 10.1 Å². The molecule has 0 atom stereocenters. The van der Waals surface area contributed by atoms with Crippen LogP contribution in [0.2, 0.25) is 0 Å². The number of phenols is 1. The maximum Gasteiger partial charge on any atom is 0.271 e. The Bertz CT molecular complexity index is 1380. The van der Waals surface area contributed by atoms with Crippen molar-refractivity contribution in [3.05, 3.63) is 103 Å². The number of aromatic hydroxyl groups is 1. The van der Waals surface area contributed by atoms with Crippen LogP contribution in [-0.4, -0.2) is 19.6 Å². The molecule has 8 heteroatoms. The Morgan fingerprint density at radius 3 is 2.63 bits per heavy atom. The van der Waals surface area contributed by atoms with E-state index in [0.717, 1.165) is 4.47 Å². The van der Waals surface area contributed by atoms with Gasteiger partial charge in [-0.05, 0) is 48.6 Å². The first-order valence-corrected chi connectivity index (χ1v) is 9.66. The molecule has 4 rings (SSSR count). The van der Waals surface area contributed by atoms with Crippen molar-refractivity contribution in [1.82, 2.24) is 9.55 Å². The Kier molecular flexibility index (Phi) is 5.16. The molecule has 30 heavy (non-hydrogen) atoms. The fraction of sp³-hybridized carbons (Fsp3) is 0. The number of nitro groups is 1. The van der Waals surface area contributed by atoms with Crippen LogP contribution < -0.4 is 5.56 Å². The van der Waals surface area contributed by atoms with Crippen LogP contribution in [0.1, 0.15) is 11.4 Å². The van der Waals surface area contributed by atoms with Crippen molar-refractivity contribution < 1.29 is 10.0 Å². The number of halogens is 1. The summed E-state index contributed by atoms with van der Waals surface area (Å²) in [7, 11) is 0. The van der Waals surface area contributed by atoms with Gasteiger partial charge in [0.2, 0.25) is 0 Å². The molecule has 0 saturated heterocycles. The van der Waals surface area contributed by atoms with Crippen molar-refractivity contribution in [3.8, 4) is 11.4 Å². The predicted molar refractivity (Wildman–Crippen MR) is 119 cm³/mol. The molecule has 1 heterocycles. The average Bonchev–Trinajstić information content (AvgIpc) is 2.74. The Labute approximate surface area is 178 Å². The molecule has 4 aromatic rings. The molecule has 3 aromatic carbocycles. The van der Waals surface area contributed by atoms with E-state index in [9.17, 15) is 20.0 Å². The van der Waals surface area contributed by atoms with Crippen molar-refractivity contribution in [2.45, 2.75) is 0 Å². The Hall–Kier alpha value is -3.78. The highest BCUT2D eigenvalue weighted by Gasteiger charge is 2.14. The van der Waals surface area contributed by atoms with Gasteiger partial charge >= 0.3 is 0 Å². The van der Waals surface area contributed by atoms with E-state index in [2.05, 4.69) is 20.9 Å². The Morgan fingerprint density at radius 1 is 1.03 bits per heavy atom. The number of aromatic nitrogens is 2. The first kappa shape index (κ1) is 19.5. The SMILES string of the molecule is O=c1c2ccccc2nc(C=Cc2cc(Br)ccc2O)n1-c1cccc([N+](=O)[O-])c1. The van der Waals surface area contributed by atoms with Crippen LogP contribution >= 0.6 is 15.9 Å². The summed E-state index contributed by atoms with van der Waals surface area (Å²) in [6.07, 6.45) is 3.22. The minimum absolute atomic E-state index is 0.0690. The molecule has 0 aliphatic rings. The van der Waals surface area contributed by atoms with Gasteiger partial charge in [0.1, 0.15) is 11.6 Å². The normalized spacial score (nSPS) is 11.2. The maximum atomic E-state index is 13.2. The highest BCUT2D eigenvalue weighted by Crippen LogP contribution is 2.24. The number of rotatable bonds is 4.